The van der Waals surface area contributed by atoms with E-state index in [4.69, 9.17) is 16.9 Å². The maximum absolute atomic E-state index is 12.9. The molecule has 1 saturated heterocycles. The maximum atomic E-state index is 12.9. The molecule has 0 spiro atoms. The van der Waals surface area contributed by atoms with Crippen LogP contribution in [0.1, 0.15) is 36.8 Å². The summed E-state index contributed by atoms with van der Waals surface area (Å²) < 4.78 is 33.2. The molecule has 0 amide bonds. The molecule has 0 aromatic heterocycles. The molecule has 1 fully saturated rings. The second-order valence-corrected chi connectivity index (χ2v) is 10.4. The zero-order valence-electron chi connectivity index (χ0n) is 19.0. The van der Waals surface area contributed by atoms with E-state index in [0.29, 0.717) is 42.9 Å². The fourth-order valence-corrected chi connectivity index (χ4v) is 5.31. The van der Waals surface area contributed by atoms with Gasteiger partial charge in [-0.1, -0.05) is 35.9 Å². The Bertz CT molecular complexity index is 1140. The van der Waals surface area contributed by atoms with Crippen molar-refractivity contribution < 1.29 is 17.9 Å². The fourth-order valence-electron chi connectivity index (χ4n) is 3.94. The van der Waals surface area contributed by atoms with E-state index in [9.17, 15) is 13.2 Å². The molecule has 0 radical (unpaired) electrons. The first-order valence-electron chi connectivity index (χ1n) is 11.0. The molecule has 0 unspecified atom stereocenters. The Labute approximate surface area is 206 Å². The molecule has 1 N–H and O–H groups in total. The Morgan fingerprint density at radius 3 is 2.59 bits per heavy atom. The standard InChI is InChI=1S/C25H28ClN3O4S/c1-33-25(30)6-4-2-3-5-23-15-22(28-34(31,32)24-13-11-21(26)12-14-24)18-29(23)17-20-9-7-19(16-27)8-10-20/h3,5,7-14,22-23,28H,2,4,6,15,17-18H2,1H3/t22-,23-/m1/s1. The second kappa shape index (κ2) is 12.1. The van der Waals surface area contributed by atoms with Crippen LogP contribution < -0.4 is 4.72 Å². The minimum atomic E-state index is -3.68. The summed E-state index contributed by atoms with van der Waals surface area (Å²) >= 11 is 5.89. The predicted octanol–water partition coefficient (Wildman–Crippen LogP) is 4.03. The smallest absolute Gasteiger partial charge is 0.305 e. The number of hydrogen-bond acceptors (Lipinski definition) is 6. The number of likely N-dealkylation sites (tertiary alicyclic amines) is 1. The van der Waals surface area contributed by atoms with Crippen molar-refractivity contribution in [2.45, 2.75) is 49.2 Å². The third-order valence-corrected chi connectivity index (χ3v) is 7.49. The average molecular weight is 502 g/mol. The first-order chi connectivity index (χ1) is 16.3. The van der Waals surface area contributed by atoms with Gasteiger partial charge in [-0.15, -0.1) is 0 Å². The number of esters is 1. The largest absolute Gasteiger partial charge is 0.469 e. The van der Waals surface area contributed by atoms with Crippen LogP contribution in [0, 0.1) is 11.3 Å². The number of sulfonamides is 1. The van der Waals surface area contributed by atoms with E-state index < -0.39 is 10.0 Å². The highest BCUT2D eigenvalue weighted by Crippen LogP contribution is 2.24. The van der Waals surface area contributed by atoms with Crippen LogP contribution in [-0.2, 0) is 26.1 Å². The van der Waals surface area contributed by atoms with Gasteiger partial charge >= 0.3 is 5.97 Å². The number of allylic oxidation sites excluding steroid dienone is 1. The highest BCUT2D eigenvalue weighted by Gasteiger charge is 2.33. The van der Waals surface area contributed by atoms with Gasteiger partial charge in [-0.3, -0.25) is 9.69 Å². The zero-order chi connectivity index (χ0) is 24.6. The molecule has 2 atom stereocenters. The summed E-state index contributed by atoms with van der Waals surface area (Å²) in [5.74, 6) is -0.228. The lowest BCUT2D eigenvalue weighted by Crippen LogP contribution is -2.37. The van der Waals surface area contributed by atoms with Gasteiger partial charge in [0.05, 0.1) is 23.6 Å². The number of benzene rings is 2. The van der Waals surface area contributed by atoms with Crippen molar-refractivity contribution >= 4 is 27.6 Å². The fraction of sp³-hybridized carbons (Fsp3) is 0.360. The number of unbranched alkanes of at least 4 members (excludes halogenated alkanes) is 1. The van der Waals surface area contributed by atoms with Crippen LogP contribution in [0.3, 0.4) is 0 Å². The molecule has 2 aromatic rings. The molecule has 9 heteroatoms. The molecule has 7 nitrogen and oxygen atoms in total. The van der Waals surface area contributed by atoms with Crippen LogP contribution in [0.25, 0.3) is 0 Å². The highest BCUT2D eigenvalue weighted by molar-refractivity contribution is 7.89. The van der Waals surface area contributed by atoms with Crippen molar-refractivity contribution in [2.24, 2.45) is 0 Å². The first kappa shape index (κ1) is 25.9. The van der Waals surface area contributed by atoms with Gasteiger partial charge in [0.25, 0.3) is 0 Å². The summed E-state index contributed by atoms with van der Waals surface area (Å²) in [5, 5.41) is 9.50. The minimum Gasteiger partial charge on any atom is -0.469 e. The topological polar surface area (TPSA) is 99.5 Å². The quantitative estimate of drug-likeness (QED) is 0.300. The lowest BCUT2D eigenvalue weighted by molar-refractivity contribution is -0.140. The maximum Gasteiger partial charge on any atom is 0.305 e. The predicted molar refractivity (Wildman–Crippen MR) is 131 cm³/mol. The molecule has 0 saturated carbocycles. The molecule has 1 aliphatic heterocycles. The summed E-state index contributed by atoms with van der Waals surface area (Å²) in [7, 11) is -2.30. The van der Waals surface area contributed by atoms with Crippen molar-refractivity contribution in [1.82, 2.24) is 9.62 Å². The van der Waals surface area contributed by atoms with E-state index >= 15 is 0 Å². The van der Waals surface area contributed by atoms with E-state index in [-0.39, 0.29) is 22.9 Å². The number of rotatable bonds is 10. The van der Waals surface area contributed by atoms with Gasteiger partial charge in [-0.05, 0) is 61.2 Å². The molecular weight excluding hydrogens is 474 g/mol. The Hall–Kier alpha value is -2.70. The molecule has 1 aliphatic rings. The Morgan fingerprint density at radius 1 is 1.24 bits per heavy atom. The zero-order valence-corrected chi connectivity index (χ0v) is 20.6. The monoisotopic (exact) mass is 501 g/mol. The van der Waals surface area contributed by atoms with Crippen LogP contribution in [-0.4, -0.2) is 45.0 Å². The Balaban J connectivity index is 1.69. The SMILES string of the molecule is COC(=O)CCCC=C[C@@H]1C[C@@H](NS(=O)(=O)c2ccc(Cl)cc2)CN1Cc1ccc(C#N)cc1. The van der Waals surface area contributed by atoms with Gasteiger partial charge in [-0.25, -0.2) is 13.1 Å². The third kappa shape index (κ3) is 7.40. The highest BCUT2D eigenvalue weighted by atomic mass is 35.5. The molecule has 0 aliphatic carbocycles. The number of carbonyl (C=O) groups excluding carboxylic acids is 1. The molecule has 34 heavy (non-hydrogen) atoms. The molecule has 3 rings (SSSR count). The normalized spacial score (nSPS) is 18.7. The van der Waals surface area contributed by atoms with Crippen molar-refractivity contribution in [2.75, 3.05) is 13.7 Å². The molecule has 0 bridgehead atoms. The van der Waals surface area contributed by atoms with Crippen molar-refractivity contribution in [3.63, 3.8) is 0 Å². The first-order valence-corrected chi connectivity index (χ1v) is 12.9. The van der Waals surface area contributed by atoms with Crippen LogP contribution in [0.2, 0.25) is 5.02 Å². The van der Waals surface area contributed by atoms with Crippen LogP contribution in [0.4, 0.5) is 0 Å². The molecule has 2 aromatic carbocycles. The van der Waals surface area contributed by atoms with Crippen molar-refractivity contribution in [3.8, 4) is 6.07 Å². The summed E-state index contributed by atoms with van der Waals surface area (Å²) in [4.78, 5) is 13.7. The number of nitriles is 1. The van der Waals surface area contributed by atoms with E-state index in [1.54, 1.807) is 24.3 Å². The van der Waals surface area contributed by atoms with Gasteiger partial charge in [0, 0.05) is 36.6 Å². The number of halogens is 1. The number of ether oxygens (including phenoxy) is 1. The molecule has 1 heterocycles. The van der Waals surface area contributed by atoms with E-state index in [1.165, 1.54) is 19.2 Å². The van der Waals surface area contributed by atoms with Crippen molar-refractivity contribution in [1.29, 1.82) is 5.26 Å². The number of methoxy groups -OCH3 is 1. The van der Waals surface area contributed by atoms with Crippen LogP contribution in [0.15, 0.2) is 65.6 Å². The van der Waals surface area contributed by atoms with E-state index in [1.807, 2.05) is 18.2 Å². The number of nitrogens with zero attached hydrogens (tertiary/aromatic N) is 2. The summed E-state index contributed by atoms with van der Waals surface area (Å²) in [6.07, 6.45) is 6.53. The average Bonchev–Trinajstić information content (AvgIpc) is 3.19. The molecule has 180 valence electrons. The number of nitrogens with one attached hydrogen (secondary N) is 1. The third-order valence-electron chi connectivity index (χ3n) is 5.70. The minimum absolute atomic E-state index is 0.0340. The van der Waals surface area contributed by atoms with Crippen LogP contribution in [0.5, 0.6) is 0 Å². The van der Waals surface area contributed by atoms with Gasteiger partial charge < -0.3 is 4.74 Å². The number of carbonyl (C=O) groups is 1. The molecular formula is C25H28ClN3O4S. The van der Waals surface area contributed by atoms with Gasteiger partial charge in [-0.2, -0.15) is 5.26 Å². The van der Waals surface area contributed by atoms with Gasteiger partial charge in [0.15, 0.2) is 0 Å². The summed E-state index contributed by atoms with van der Waals surface area (Å²) in [6, 6.07) is 15.4. The number of hydrogen-bond donors (Lipinski definition) is 1. The lowest BCUT2D eigenvalue weighted by Gasteiger charge is -2.22. The summed E-state index contributed by atoms with van der Waals surface area (Å²) in [6.45, 7) is 1.17. The van der Waals surface area contributed by atoms with Crippen LogP contribution >= 0.6 is 11.6 Å². The second-order valence-electron chi connectivity index (χ2n) is 8.21. The van der Waals surface area contributed by atoms with Gasteiger partial charge in [0.1, 0.15) is 0 Å². The summed E-state index contributed by atoms with van der Waals surface area (Å²) in [5.41, 5.74) is 1.64. The van der Waals surface area contributed by atoms with E-state index in [2.05, 4.69) is 26.5 Å². The Morgan fingerprint density at radius 2 is 1.94 bits per heavy atom. The Kier molecular flexibility index (Phi) is 9.25. The lowest BCUT2D eigenvalue weighted by atomic mass is 10.1. The van der Waals surface area contributed by atoms with Crippen molar-refractivity contribution in [3.05, 3.63) is 76.8 Å². The van der Waals surface area contributed by atoms with Gasteiger partial charge in [0.2, 0.25) is 10.0 Å². The van der Waals surface area contributed by atoms with E-state index in [0.717, 1.165) is 12.0 Å².